The molecule has 0 fully saturated rings. The van der Waals surface area contributed by atoms with Crippen LogP contribution in [0.3, 0.4) is 0 Å². The quantitative estimate of drug-likeness (QED) is 0.202. The molecule has 0 amide bonds. The molecule has 0 aliphatic heterocycles. The molecular weight excluding hydrogens is 224 g/mol. The molecule has 0 rings (SSSR count). The Labute approximate surface area is 177 Å². The summed E-state index contributed by atoms with van der Waals surface area (Å²) >= 11 is 0. The summed E-state index contributed by atoms with van der Waals surface area (Å²) in [5.74, 6) is 0. The van der Waals surface area contributed by atoms with E-state index in [4.69, 9.17) is 19.6 Å². The first-order valence-corrected chi connectivity index (χ1v) is 1.53. The van der Waals surface area contributed by atoms with Crippen molar-refractivity contribution in [2.24, 2.45) is 5.34 Å². The third kappa shape index (κ3) is 113. The summed E-state index contributed by atoms with van der Waals surface area (Å²) in [5, 5.41) is 7.89. The first-order valence-electron chi connectivity index (χ1n) is 0.765. The maximum absolute atomic E-state index is 8.46. The van der Waals surface area contributed by atoms with Gasteiger partial charge in [-0.2, -0.15) is 0 Å². The Morgan fingerprint density at radius 1 is 1.00 bits per heavy atom. The van der Waals surface area contributed by atoms with E-state index in [1.165, 1.54) is 5.34 Å². The van der Waals surface area contributed by atoms with Crippen molar-refractivity contribution in [3.63, 3.8) is 0 Å². The summed E-state index contributed by atoms with van der Waals surface area (Å²) in [6.07, 6.45) is 0. The first kappa shape index (κ1) is 45.2. The van der Waals surface area contributed by atoms with Gasteiger partial charge in [-0.15, -0.1) is 4.91 Å². The van der Waals surface area contributed by atoms with Crippen molar-refractivity contribution >= 4 is 156 Å². The molecule has 2 N–H and O–H groups in total. The van der Waals surface area contributed by atoms with Crippen molar-refractivity contribution in [2.45, 2.75) is 0 Å². The van der Waals surface area contributed by atoms with Crippen LogP contribution in [0.15, 0.2) is 5.34 Å². The van der Waals surface area contributed by atoms with Crippen molar-refractivity contribution in [1.82, 2.24) is 0 Å². The van der Waals surface area contributed by atoms with Crippen molar-refractivity contribution in [3.8, 4) is 0 Å². The van der Waals surface area contributed by atoms with Gasteiger partial charge in [-0.3, -0.25) is 0 Å². The predicted octanol–water partition coefficient (Wildman–Crippen LogP) is -2.92. The zero-order chi connectivity index (χ0) is 5.41. The Morgan fingerprint density at radius 2 is 1.00 bits per heavy atom. The molecule has 46 valence electrons. The first-order chi connectivity index (χ1) is 2.83. The van der Waals surface area contributed by atoms with Gasteiger partial charge in [-0.1, -0.05) is 0 Å². The fourth-order valence-corrected chi connectivity index (χ4v) is 0. The summed E-state index contributed by atoms with van der Waals surface area (Å²) in [7, 11) is -0.833. The molecule has 11 heavy (non-hydrogen) atoms. The summed E-state index contributed by atoms with van der Waals surface area (Å²) in [4.78, 5) is 15.1. The van der Waals surface area contributed by atoms with Crippen LogP contribution in [-0.2, 0) is 4.57 Å². The van der Waals surface area contributed by atoms with E-state index in [-0.39, 0.29) is 148 Å². The van der Waals surface area contributed by atoms with Crippen LogP contribution in [0, 0.1) is 4.91 Å². The van der Waals surface area contributed by atoms with Gasteiger partial charge in [-0.05, 0) is 0 Å². The maximum atomic E-state index is 8.46. The Bertz CT molecular complexity index is 39.5. The standard InChI is InChI=1S/HNO2.5Na.HO2P.5H/c2-1-3;;;;;;1-3-2;;;;;/h(H,2,3);;;;;;(H,1,2);;;;;. The predicted molar refractivity (Wildman–Crippen MR) is 53.2 cm³/mol. The molecule has 0 spiro atoms. The van der Waals surface area contributed by atoms with Crippen molar-refractivity contribution in [1.29, 1.82) is 0 Å². The third-order valence-electron chi connectivity index (χ3n) is 0. The van der Waals surface area contributed by atoms with E-state index >= 15 is 0 Å². The van der Waals surface area contributed by atoms with Gasteiger partial charge in [0.2, 0.25) is 0 Å². The van der Waals surface area contributed by atoms with E-state index in [0.29, 0.717) is 0 Å². The fraction of sp³-hybridized carbons (Fsp3) is 0. The molecule has 0 bridgehead atoms. The Hall–Kier alpha value is 4.46. The average molecular weight is 231 g/mol. The molecule has 0 aliphatic carbocycles. The topological polar surface area (TPSA) is 87.0 Å². The van der Waals surface area contributed by atoms with Gasteiger partial charge in [0.15, 0.2) is 5.34 Å². The molecule has 0 aromatic heterocycles. The van der Waals surface area contributed by atoms with E-state index in [9.17, 15) is 0 Å². The molecule has 5 nitrogen and oxygen atoms in total. The van der Waals surface area contributed by atoms with Gasteiger partial charge in [0, 0.05) is 0 Å². The molecule has 0 aromatic rings. The van der Waals surface area contributed by atoms with Crippen LogP contribution in [0.1, 0.15) is 0 Å². The van der Waals surface area contributed by atoms with Gasteiger partial charge < -0.3 is 10.1 Å². The fourth-order valence-electron chi connectivity index (χ4n) is 0. The summed E-state index contributed by atoms with van der Waals surface area (Å²) in [5.41, 5.74) is 0. The van der Waals surface area contributed by atoms with Gasteiger partial charge >= 0.3 is 156 Å². The molecule has 0 atom stereocenters. The molecule has 0 aliphatic rings. The van der Waals surface area contributed by atoms with Crippen LogP contribution in [0.25, 0.3) is 0 Å². The summed E-state index contributed by atoms with van der Waals surface area (Å²) in [6.45, 7) is 0. The van der Waals surface area contributed by atoms with Gasteiger partial charge in [0.05, 0.1) is 0 Å². The van der Waals surface area contributed by atoms with Crippen LogP contribution in [0.2, 0.25) is 0 Å². The second kappa shape index (κ2) is 62.8. The van der Waals surface area contributed by atoms with E-state index in [1.54, 1.807) is 0 Å². The number of rotatable bonds is 0. The minimum absolute atomic E-state index is 0. The van der Waals surface area contributed by atoms with E-state index in [1.807, 2.05) is 0 Å². The van der Waals surface area contributed by atoms with Gasteiger partial charge in [-0.25, -0.2) is 4.57 Å². The van der Waals surface area contributed by atoms with Gasteiger partial charge in [0.1, 0.15) is 0 Å². The summed E-state index contributed by atoms with van der Waals surface area (Å²) < 4.78 is 8.46. The van der Waals surface area contributed by atoms with Crippen LogP contribution in [-0.4, -0.2) is 158 Å². The molecule has 11 heteroatoms. The monoisotopic (exact) mass is 231 g/mol. The number of nitrogens with zero attached hydrogens (tertiary/aromatic N) is 1. The second-order valence-electron chi connectivity index (χ2n) is 0.163. The van der Waals surface area contributed by atoms with Crippen LogP contribution >= 0.6 is 8.69 Å². The zero-order valence-electron chi connectivity index (χ0n) is 2.61. The Balaban J connectivity index is -0.00000000400. The number of hydrogen-bond donors (Lipinski definition) is 2. The average Bonchev–Trinajstić information content (AvgIpc) is 1.39. The molecule has 0 unspecified atom stereocenters. The zero-order valence-corrected chi connectivity index (χ0v) is 3.50. The minimum atomic E-state index is -0.833. The Kier molecular flexibility index (Phi) is 258. The van der Waals surface area contributed by atoms with Crippen molar-refractivity contribution < 1.29 is 14.7 Å². The second-order valence-corrected chi connectivity index (χ2v) is 0.327. The molecule has 0 aromatic carbocycles. The number of hydrogen-bond acceptors (Lipinski definition) is 3. The van der Waals surface area contributed by atoms with E-state index in [0.717, 1.165) is 0 Å². The van der Waals surface area contributed by atoms with E-state index < -0.39 is 8.69 Å². The van der Waals surface area contributed by atoms with Gasteiger partial charge in [0.25, 0.3) is 0 Å². The molecule has 0 saturated carbocycles. The molecule has 0 radical (unpaired) electrons. The van der Waals surface area contributed by atoms with Crippen molar-refractivity contribution in [3.05, 3.63) is 4.91 Å². The van der Waals surface area contributed by atoms with Crippen LogP contribution < -0.4 is 0 Å². The summed E-state index contributed by atoms with van der Waals surface area (Å²) in [6, 6.07) is 0. The third-order valence-corrected chi connectivity index (χ3v) is 0. The van der Waals surface area contributed by atoms with E-state index in [2.05, 4.69) is 0 Å². The molecular formula is H7NNa5O4P. The Morgan fingerprint density at radius 3 is 1.00 bits per heavy atom. The molecule has 0 heterocycles. The van der Waals surface area contributed by atoms with Crippen LogP contribution in [0.4, 0.5) is 0 Å². The van der Waals surface area contributed by atoms with Crippen LogP contribution in [0.5, 0.6) is 0 Å². The SMILES string of the molecule is O=NO.O=PO.[NaH].[NaH].[NaH].[NaH].[NaH]. The normalized spacial score (nSPS) is 3.00. The molecule has 0 saturated heterocycles. The van der Waals surface area contributed by atoms with Crippen molar-refractivity contribution in [2.75, 3.05) is 0 Å².